The standard InChI is InChI=1S/C15H20ClNO4S/c1-2-13(9-18)17(14-7-8-22(20,21)10-14)15(19)11-3-5-12(16)6-4-11/h3-6,13-14,18H,2,7-10H2,1H3/t13-,14-/m0/s1. The molecular formula is C15H20ClNO4S. The highest BCUT2D eigenvalue weighted by atomic mass is 35.5. The number of hydrogen-bond donors (Lipinski definition) is 1. The lowest BCUT2D eigenvalue weighted by Gasteiger charge is -2.34. The molecule has 0 saturated carbocycles. The number of carbonyl (C=O) groups is 1. The summed E-state index contributed by atoms with van der Waals surface area (Å²) in [5.41, 5.74) is 0.445. The first kappa shape index (κ1) is 17.2. The van der Waals surface area contributed by atoms with Crippen molar-refractivity contribution in [1.82, 2.24) is 4.90 Å². The summed E-state index contributed by atoms with van der Waals surface area (Å²) in [5.74, 6) is -0.216. The van der Waals surface area contributed by atoms with Crippen LogP contribution in [0.2, 0.25) is 5.02 Å². The van der Waals surface area contributed by atoms with Gasteiger partial charge in [0.1, 0.15) is 0 Å². The maximum atomic E-state index is 12.8. The van der Waals surface area contributed by atoms with Crippen molar-refractivity contribution in [2.75, 3.05) is 18.1 Å². The van der Waals surface area contributed by atoms with Crippen molar-refractivity contribution < 1.29 is 18.3 Å². The number of halogens is 1. The third kappa shape index (κ3) is 3.80. The van der Waals surface area contributed by atoms with Gasteiger partial charge in [-0.25, -0.2) is 8.42 Å². The van der Waals surface area contributed by atoms with E-state index < -0.39 is 9.84 Å². The monoisotopic (exact) mass is 345 g/mol. The van der Waals surface area contributed by atoms with Crippen LogP contribution >= 0.6 is 11.6 Å². The van der Waals surface area contributed by atoms with E-state index in [0.717, 1.165) is 0 Å². The third-order valence-electron chi connectivity index (χ3n) is 4.00. The lowest BCUT2D eigenvalue weighted by atomic mass is 10.1. The van der Waals surface area contributed by atoms with E-state index in [2.05, 4.69) is 0 Å². The molecule has 2 atom stereocenters. The molecule has 7 heteroatoms. The summed E-state index contributed by atoms with van der Waals surface area (Å²) < 4.78 is 23.5. The van der Waals surface area contributed by atoms with Gasteiger partial charge in [-0.05, 0) is 37.1 Å². The molecule has 1 saturated heterocycles. The summed E-state index contributed by atoms with van der Waals surface area (Å²) >= 11 is 5.83. The number of nitrogens with zero attached hydrogens (tertiary/aromatic N) is 1. The second kappa shape index (κ2) is 6.98. The SMILES string of the molecule is CC[C@@H](CO)N(C(=O)c1ccc(Cl)cc1)[C@H]1CCS(=O)(=O)C1. The zero-order valence-corrected chi connectivity index (χ0v) is 14.0. The van der Waals surface area contributed by atoms with E-state index in [9.17, 15) is 18.3 Å². The van der Waals surface area contributed by atoms with E-state index in [0.29, 0.717) is 23.4 Å². The first-order chi connectivity index (χ1) is 10.4. The lowest BCUT2D eigenvalue weighted by molar-refractivity contribution is 0.0485. The predicted molar refractivity (Wildman–Crippen MR) is 85.8 cm³/mol. The van der Waals surface area contributed by atoms with Crippen molar-refractivity contribution in [2.45, 2.75) is 31.8 Å². The summed E-state index contributed by atoms with van der Waals surface area (Å²) in [7, 11) is -3.11. The van der Waals surface area contributed by atoms with Gasteiger partial charge in [0.05, 0.1) is 24.2 Å². The van der Waals surface area contributed by atoms with E-state index in [1.807, 2.05) is 6.92 Å². The zero-order valence-electron chi connectivity index (χ0n) is 12.4. The van der Waals surface area contributed by atoms with Gasteiger partial charge >= 0.3 is 0 Å². The molecule has 122 valence electrons. The van der Waals surface area contributed by atoms with Gasteiger partial charge in [-0.1, -0.05) is 18.5 Å². The van der Waals surface area contributed by atoms with Crippen LogP contribution in [0.15, 0.2) is 24.3 Å². The number of hydrogen-bond acceptors (Lipinski definition) is 4. The first-order valence-corrected chi connectivity index (χ1v) is 9.47. The molecule has 2 rings (SSSR count). The minimum absolute atomic E-state index is 0.0389. The number of aliphatic hydroxyl groups is 1. The van der Waals surface area contributed by atoms with Crippen molar-refractivity contribution >= 4 is 27.3 Å². The van der Waals surface area contributed by atoms with Gasteiger partial charge in [-0.2, -0.15) is 0 Å². The second-order valence-corrected chi connectivity index (χ2v) is 8.19. The molecule has 1 N–H and O–H groups in total. The maximum Gasteiger partial charge on any atom is 0.254 e. The quantitative estimate of drug-likeness (QED) is 0.882. The number of amides is 1. The first-order valence-electron chi connectivity index (χ1n) is 7.27. The van der Waals surface area contributed by atoms with Gasteiger partial charge in [-0.3, -0.25) is 4.79 Å². The highest BCUT2D eigenvalue weighted by Crippen LogP contribution is 2.24. The molecule has 22 heavy (non-hydrogen) atoms. The molecule has 1 amide bonds. The van der Waals surface area contributed by atoms with E-state index in [1.165, 1.54) is 4.90 Å². The van der Waals surface area contributed by atoms with Crippen molar-refractivity contribution in [2.24, 2.45) is 0 Å². The van der Waals surface area contributed by atoms with Crippen LogP contribution < -0.4 is 0 Å². The Hall–Kier alpha value is -1.11. The molecule has 1 aromatic carbocycles. The van der Waals surface area contributed by atoms with Crippen LogP contribution in [-0.4, -0.2) is 54.5 Å². The average Bonchev–Trinajstić information content (AvgIpc) is 2.84. The van der Waals surface area contributed by atoms with Crippen LogP contribution in [-0.2, 0) is 9.84 Å². The molecule has 0 aliphatic carbocycles. The fourth-order valence-corrected chi connectivity index (χ4v) is 4.62. The van der Waals surface area contributed by atoms with Gasteiger partial charge in [0.15, 0.2) is 9.84 Å². The van der Waals surface area contributed by atoms with E-state index in [-0.39, 0.29) is 36.1 Å². The molecular weight excluding hydrogens is 326 g/mol. The number of rotatable bonds is 5. The molecule has 0 radical (unpaired) electrons. The minimum Gasteiger partial charge on any atom is -0.394 e. The number of carbonyl (C=O) groups excluding carboxylic acids is 1. The summed E-state index contributed by atoms with van der Waals surface area (Å²) in [6.07, 6.45) is 0.977. The summed E-state index contributed by atoms with van der Waals surface area (Å²) in [6, 6.07) is 5.71. The molecule has 0 aromatic heterocycles. The molecule has 0 unspecified atom stereocenters. The molecule has 0 spiro atoms. The van der Waals surface area contributed by atoms with E-state index in [4.69, 9.17) is 11.6 Å². The Morgan fingerprint density at radius 3 is 2.50 bits per heavy atom. The van der Waals surface area contributed by atoms with Gasteiger partial charge in [0.2, 0.25) is 0 Å². The maximum absolute atomic E-state index is 12.8. The van der Waals surface area contributed by atoms with E-state index in [1.54, 1.807) is 24.3 Å². The van der Waals surface area contributed by atoms with Crippen LogP contribution in [0.4, 0.5) is 0 Å². The van der Waals surface area contributed by atoms with Crippen LogP contribution in [0.3, 0.4) is 0 Å². The molecule has 5 nitrogen and oxygen atoms in total. The molecule has 0 bridgehead atoms. The largest absolute Gasteiger partial charge is 0.394 e. The fourth-order valence-electron chi connectivity index (χ4n) is 2.78. The molecule has 1 aliphatic rings. The summed E-state index contributed by atoms with van der Waals surface area (Å²) in [6.45, 7) is 1.68. The second-order valence-electron chi connectivity index (χ2n) is 5.52. The van der Waals surface area contributed by atoms with Crippen LogP contribution in [0.5, 0.6) is 0 Å². The minimum atomic E-state index is -3.11. The third-order valence-corrected chi connectivity index (χ3v) is 6.01. The van der Waals surface area contributed by atoms with Crippen LogP contribution in [0.25, 0.3) is 0 Å². The fraction of sp³-hybridized carbons (Fsp3) is 0.533. The Bertz CT molecular complexity index is 625. The highest BCUT2D eigenvalue weighted by Gasteiger charge is 2.37. The Morgan fingerprint density at radius 2 is 2.05 bits per heavy atom. The number of sulfone groups is 1. The van der Waals surface area contributed by atoms with Crippen molar-refractivity contribution in [3.8, 4) is 0 Å². The smallest absolute Gasteiger partial charge is 0.254 e. The van der Waals surface area contributed by atoms with Crippen molar-refractivity contribution in [3.63, 3.8) is 0 Å². The molecule has 1 heterocycles. The normalized spacial score (nSPS) is 21.5. The van der Waals surface area contributed by atoms with Crippen LogP contribution in [0.1, 0.15) is 30.1 Å². The Kier molecular flexibility index (Phi) is 5.47. The summed E-state index contributed by atoms with van der Waals surface area (Å²) in [5, 5.41) is 10.1. The molecule has 1 fully saturated rings. The molecule has 1 aliphatic heterocycles. The van der Waals surface area contributed by atoms with Crippen molar-refractivity contribution in [3.05, 3.63) is 34.9 Å². The Morgan fingerprint density at radius 1 is 1.41 bits per heavy atom. The zero-order chi connectivity index (χ0) is 16.3. The lowest BCUT2D eigenvalue weighted by Crippen LogP contribution is -2.49. The number of benzene rings is 1. The summed E-state index contributed by atoms with van der Waals surface area (Å²) in [4.78, 5) is 14.3. The molecule has 1 aromatic rings. The highest BCUT2D eigenvalue weighted by molar-refractivity contribution is 7.91. The van der Waals surface area contributed by atoms with Crippen molar-refractivity contribution in [1.29, 1.82) is 0 Å². The van der Waals surface area contributed by atoms with Gasteiger partial charge in [-0.15, -0.1) is 0 Å². The van der Waals surface area contributed by atoms with Gasteiger partial charge < -0.3 is 10.0 Å². The number of aliphatic hydroxyl groups excluding tert-OH is 1. The predicted octanol–water partition coefficient (Wildman–Crippen LogP) is 1.74. The van der Waals surface area contributed by atoms with Gasteiger partial charge in [0, 0.05) is 16.6 Å². The topological polar surface area (TPSA) is 74.7 Å². The van der Waals surface area contributed by atoms with E-state index >= 15 is 0 Å². The average molecular weight is 346 g/mol. The van der Waals surface area contributed by atoms with Gasteiger partial charge in [0.25, 0.3) is 5.91 Å². The Labute approximate surface area is 135 Å². The Balaban J connectivity index is 2.31. The van der Waals surface area contributed by atoms with Crippen LogP contribution in [0, 0.1) is 0 Å².